The zero-order valence-corrected chi connectivity index (χ0v) is 20.1. The summed E-state index contributed by atoms with van der Waals surface area (Å²) in [5.41, 5.74) is 10.9. The first-order valence-corrected chi connectivity index (χ1v) is 11.8. The fraction of sp³-hybridized carbons (Fsp3) is 0.333. The smallest absolute Gasteiger partial charge is 0.411 e. The van der Waals surface area contributed by atoms with Gasteiger partial charge in [0.25, 0.3) is 0 Å². The van der Waals surface area contributed by atoms with E-state index in [4.69, 9.17) is 10.5 Å². The van der Waals surface area contributed by atoms with E-state index in [-0.39, 0.29) is 18.7 Å². The van der Waals surface area contributed by atoms with Crippen LogP contribution < -0.4 is 21.3 Å². The van der Waals surface area contributed by atoms with Gasteiger partial charge in [-0.2, -0.15) is 0 Å². The number of aromatic amines is 1. The Hall–Kier alpha value is -2.88. The molecule has 4 rings (SSSR count). The minimum absolute atomic E-state index is 0.158. The summed E-state index contributed by atoms with van der Waals surface area (Å²) in [5, 5.41) is 6.54. The lowest BCUT2D eigenvalue weighted by Crippen LogP contribution is -2.39. The van der Waals surface area contributed by atoms with Crippen LogP contribution in [-0.2, 0) is 24.2 Å². The van der Waals surface area contributed by atoms with Crippen molar-refractivity contribution in [1.82, 2.24) is 15.3 Å². The number of nitrogens with two attached hydrogens (primary N) is 1. The van der Waals surface area contributed by atoms with E-state index in [1.165, 1.54) is 5.56 Å². The largest absolute Gasteiger partial charge is 0.448 e. The Morgan fingerprint density at radius 3 is 2.91 bits per heavy atom. The molecular formula is C24H29BrN6O2. The molecule has 1 aromatic heterocycles. The maximum Gasteiger partial charge on any atom is 0.411 e. The number of ether oxygens (including phenoxy) is 1. The first-order valence-electron chi connectivity index (χ1n) is 11.0. The van der Waals surface area contributed by atoms with Crippen molar-refractivity contribution in [1.29, 1.82) is 0 Å². The highest BCUT2D eigenvalue weighted by Crippen LogP contribution is 2.34. The maximum absolute atomic E-state index is 12.2. The second-order valence-electron chi connectivity index (χ2n) is 8.39. The number of aromatic nitrogens is 2. The molecule has 5 N–H and O–H groups in total. The summed E-state index contributed by atoms with van der Waals surface area (Å²) in [5.74, 6) is 0. The molecule has 2 heterocycles. The summed E-state index contributed by atoms with van der Waals surface area (Å²) in [6, 6.07) is 14.6. The molecule has 2 unspecified atom stereocenters. The van der Waals surface area contributed by atoms with Crippen molar-refractivity contribution in [3.05, 3.63) is 76.3 Å². The van der Waals surface area contributed by atoms with Gasteiger partial charge in [-0.3, -0.25) is 5.32 Å². The van der Waals surface area contributed by atoms with E-state index in [1.54, 1.807) is 13.3 Å². The molecule has 33 heavy (non-hydrogen) atoms. The number of H-pyrrole nitrogens is 1. The van der Waals surface area contributed by atoms with Crippen molar-refractivity contribution in [3.8, 4) is 0 Å². The molecule has 3 aromatic rings. The van der Waals surface area contributed by atoms with Gasteiger partial charge in [-0.25, -0.2) is 9.78 Å². The number of nitrogens with zero attached hydrogens (tertiary/aromatic N) is 2. The minimum Gasteiger partial charge on any atom is -0.448 e. The van der Waals surface area contributed by atoms with Crippen LogP contribution in [0.25, 0.3) is 0 Å². The Labute approximate surface area is 202 Å². The van der Waals surface area contributed by atoms with E-state index < -0.39 is 6.09 Å². The molecule has 9 heteroatoms. The van der Waals surface area contributed by atoms with Crippen LogP contribution in [-0.4, -0.2) is 41.3 Å². The number of rotatable bonds is 7. The third kappa shape index (κ3) is 6.34. The average molecular weight is 513 g/mol. The first-order chi connectivity index (χ1) is 16.0. The van der Waals surface area contributed by atoms with E-state index in [0.29, 0.717) is 12.2 Å². The van der Waals surface area contributed by atoms with Crippen LogP contribution >= 0.6 is 15.9 Å². The number of hydrogen-bond acceptors (Lipinski definition) is 6. The van der Waals surface area contributed by atoms with Gasteiger partial charge < -0.3 is 25.7 Å². The number of imidazole rings is 1. The van der Waals surface area contributed by atoms with Crippen molar-refractivity contribution in [2.45, 2.75) is 38.5 Å². The van der Waals surface area contributed by atoms with E-state index in [2.05, 4.69) is 65.7 Å². The summed E-state index contributed by atoms with van der Waals surface area (Å²) in [6.07, 6.45) is 3.93. The first kappa shape index (κ1) is 23.3. The van der Waals surface area contributed by atoms with Crippen LogP contribution in [0.15, 0.2) is 59.5 Å². The van der Waals surface area contributed by atoms with Gasteiger partial charge in [-0.15, -0.1) is 0 Å². The third-order valence-corrected chi connectivity index (χ3v) is 6.14. The summed E-state index contributed by atoms with van der Waals surface area (Å²) in [6.45, 7) is 4.15. The van der Waals surface area contributed by atoms with E-state index >= 15 is 0 Å². The third-order valence-electron chi connectivity index (χ3n) is 5.49. The number of nitrogens with one attached hydrogen (secondary N) is 3. The van der Waals surface area contributed by atoms with E-state index in [0.717, 1.165) is 40.9 Å². The molecule has 0 bridgehead atoms. The second kappa shape index (κ2) is 10.8. The molecule has 0 saturated heterocycles. The summed E-state index contributed by atoms with van der Waals surface area (Å²) in [7, 11) is 0. The van der Waals surface area contributed by atoms with Gasteiger partial charge in [0.05, 0.1) is 24.3 Å². The van der Waals surface area contributed by atoms with E-state index in [1.807, 2.05) is 24.4 Å². The molecule has 0 spiro atoms. The Kier molecular flexibility index (Phi) is 7.64. The van der Waals surface area contributed by atoms with Gasteiger partial charge >= 0.3 is 6.09 Å². The van der Waals surface area contributed by atoms with Gasteiger partial charge in [-0.05, 0) is 52.5 Å². The van der Waals surface area contributed by atoms with Gasteiger partial charge in [-0.1, -0.05) is 30.3 Å². The zero-order valence-electron chi connectivity index (χ0n) is 18.6. The Morgan fingerprint density at radius 2 is 2.18 bits per heavy atom. The number of hydrogen-bond donors (Lipinski definition) is 4. The highest BCUT2D eigenvalue weighted by Gasteiger charge is 2.24. The van der Waals surface area contributed by atoms with Crippen molar-refractivity contribution in [3.63, 3.8) is 0 Å². The topological polar surface area (TPSA) is 108 Å². The summed E-state index contributed by atoms with van der Waals surface area (Å²) >= 11 is 3.60. The maximum atomic E-state index is 12.2. The Balaban J connectivity index is 1.59. The highest BCUT2D eigenvalue weighted by molar-refractivity contribution is 9.10. The monoisotopic (exact) mass is 512 g/mol. The SMILES string of the molecule is CC(N)COC(=O)Nc1cc2c(cc1Br)CNC(Cc1ccccc1)CN2Cc1cnc[nH]1. The Bertz CT molecular complexity index is 1060. The van der Waals surface area contributed by atoms with Gasteiger partial charge in [0, 0.05) is 41.5 Å². The molecule has 1 aliphatic heterocycles. The van der Waals surface area contributed by atoms with Crippen LogP contribution in [0, 0.1) is 0 Å². The number of halogens is 1. The number of anilines is 2. The van der Waals surface area contributed by atoms with Crippen LogP contribution in [0.3, 0.4) is 0 Å². The van der Waals surface area contributed by atoms with Crippen LogP contribution in [0.5, 0.6) is 0 Å². The molecular weight excluding hydrogens is 484 g/mol. The van der Waals surface area contributed by atoms with E-state index in [9.17, 15) is 4.79 Å². The van der Waals surface area contributed by atoms with Crippen molar-refractivity contribution in [2.75, 3.05) is 23.4 Å². The fourth-order valence-corrected chi connectivity index (χ4v) is 4.42. The van der Waals surface area contributed by atoms with Crippen molar-refractivity contribution < 1.29 is 9.53 Å². The molecule has 0 saturated carbocycles. The van der Waals surface area contributed by atoms with Gasteiger partial charge in [0.15, 0.2) is 0 Å². The quantitative estimate of drug-likeness (QED) is 0.383. The van der Waals surface area contributed by atoms with Crippen LogP contribution in [0.1, 0.15) is 23.7 Å². The molecule has 2 aromatic carbocycles. The lowest BCUT2D eigenvalue weighted by atomic mass is 10.1. The van der Waals surface area contributed by atoms with Crippen LogP contribution in [0.4, 0.5) is 16.2 Å². The predicted octanol–water partition coefficient (Wildman–Crippen LogP) is 3.79. The minimum atomic E-state index is -0.526. The average Bonchev–Trinajstić information content (AvgIpc) is 3.25. The molecule has 1 aliphatic rings. The molecule has 174 valence electrons. The van der Waals surface area contributed by atoms with Gasteiger partial charge in [0.1, 0.15) is 6.61 Å². The lowest BCUT2D eigenvalue weighted by Gasteiger charge is -2.28. The molecule has 8 nitrogen and oxygen atoms in total. The predicted molar refractivity (Wildman–Crippen MR) is 133 cm³/mol. The summed E-state index contributed by atoms with van der Waals surface area (Å²) in [4.78, 5) is 21.9. The number of carbonyl (C=O) groups excluding carboxylic acids is 1. The lowest BCUT2D eigenvalue weighted by molar-refractivity contribution is 0.156. The molecule has 0 fully saturated rings. The van der Waals surface area contributed by atoms with Gasteiger partial charge in [0.2, 0.25) is 0 Å². The summed E-state index contributed by atoms with van der Waals surface area (Å²) < 4.78 is 5.99. The molecule has 1 amide bonds. The number of benzene rings is 2. The molecule has 2 atom stereocenters. The zero-order chi connectivity index (χ0) is 23.2. The fourth-order valence-electron chi connectivity index (χ4n) is 3.93. The second-order valence-corrected chi connectivity index (χ2v) is 9.24. The number of amides is 1. The normalized spacial score (nSPS) is 16.6. The van der Waals surface area contributed by atoms with Crippen molar-refractivity contribution in [2.24, 2.45) is 5.73 Å². The standard InChI is InChI=1S/C24H29BrN6O2/c1-16(26)14-33-24(32)30-22-9-23-18(8-21(22)25)10-28-19(7-17-5-3-2-4-6-17)12-31(23)13-20-11-27-15-29-20/h2-6,8-9,11,15-16,19,28H,7,10,12-14,26H2,1H3,(H,27,29)(H,30,32). The Morgan fingerprint density at radius 1 is 1.36 bits per heavy atom. The highest BCUT2D eigenvalue weighted by atomic mass is 79.9. The number of fused-ring (bicyclic) bond motifs is 1. The van der Waals surface area contributed by atoms with Crippen LogP contribution in [0.2, 0.25) is 0 Å². The number of carbonyl (C=O) groups is 1. The van der Waals surface area contributed by atoms with Crippen molar-refractivity contribution >= 4 is 33.4 Å². The molecule has 0 aliphatic carbocycles. The molecule has 0 radical (unpaired) electrons.